The zero-order valence-electron chi connectivity index (χ0n) is 8.07. The van der Waals surface area contributed by atoms with Crippen molar-refractivity contribution in [1.29, 1.82) is 0 Å². The minimum Gasteiger partial charge on any atom is -0.494 e. The van der Waals surface area contributed by atoms with E-state index in [2.05, 4.69) is 31.9 Å². The van der Waals surface area contributed by atoms with Crippen molar-refractivity contribution in [3.05, 3.63) is 34.2 Å². The minimum atomic E-state index is -0.930. The molecule has 0 saturated carbocycles. The van der Waals surface area contributed by atoms with Gasteiger partial charge in [0.1, 0.15) is 4.47 Å². The van der Waals surface area contributed by atoms with Gasteiger partial charge in [-0.1, -0.05) is 11.6 Å². The lowest BCUT2D eigenvalue weighted by molar-refractivity contribution is -0.423. The Labute approximate surface area is 116 Å². The fourth-order valence-electron chi connectivity index (χ4n) is 1.13. The maximum absolute atomic E-state index is 10.8. The molecule has 0 aliphatic heterocycles. The number of halogens is 3. The van der Waals surface area contributed by atoms with Crippen LogP contribution in [0.15, 0.2) is 8.95 Å². The first-order chi connectivity index (χ1) is 7.82. The van der Waals surface area contributed by atoms with Crippen molar-refractivity contribution in [2.24, 2.45) is 0 Å². The molecule has 1 rings (SSSR count). The lowest BCUT2D eigenvalue weighted by Crippen LogP contribution is -2.01. The molecule has 0 atom stereocenters. The minimum absolute atomic E-state index is 0.0455. The molecule has 10 heteroatoms. The first-order valence-electron chi connectivity index (χ1n) is 3.86. The van der Waals surface area contributed by atoms with E-state index < -0.39 is 26.2 Å². The van der Waals surface area contributed by atoms with Crippen LogP contribution in [0.25, 0.3) is 0 Å². The molecule has 0 aromatic heterocycles. The number of benzene rings is 1. The highest BCUT2D eigenvalue weighted by Crippen LogP contribution is 2.50. The summed E-state index contributed by atoms with van der Waals surface area (Å²) in [5.41, 5.74) is -1.55. The molecule has 0 fully saturated rings. The van der Waals surface area contributed by atoms with Crippen LogP contribution in [0.4, 0.5) is 11.4 Å². The van der Waals surface area contributed by atoms with Crippen LogP contribution in [0.1, 0.15) is 0 Å². The quantitative estimate of drug-likeness (QED) is 0.446. The van der Waals surface area contributed by atoms with Crippen molar-refractivity contribution in [3.63, 3.8) is 0 Å². The third kappa shape index (κ3) is 2.35. The molecule has 0 amide bonds. The summed E-state index contributed by atoms with van der Waals surface area (Å²) in [6, 6.07) is 0. The molecule has 0 aliphatic rings. The molecule has 0 aliphatic carbocycles. The molecule has 0 N–H and O–H groups in total. The van der Waals surface area contributed by atoms with E-state index in [9.17, 15) is 20.2 Å². The van der Waals surface area contributed by atoms with E-state index in [4.69, 9.17) is 16.3 Å². The third-order valence-corrected chi connectivity index (χ3v) is 4.21. The molecule has 0 saturated heterocycles. The van der Waals surface area contributed by atoms with Gasteiger partial charge in [-0.2, -0.15) is 0 Å². The Kier molecular flexibility index (Phi) is 4.28. The topological polar surface area (TPSA) is 95.5 Å². The summed E-state index contributed by atoms with van der Waals surface area (Å²) in [7, 11) is 1.24. The number of methoxy groups -OCH3 is 1. The van der Waals surface area contributed by atoms with Crippen LogP contribution in [0.3, 0.4) is 0 Å². The first-order valence-corrected chi connectivity index (χ1v) is 5.82. The van der Waals surface area contributed by atoms with Gasteiger partial charge in [-0.05, 0) is 31.9 Å². The van der Waals surface area contributed by atoms with Gasteiger partial charge < -0.3 is 4.74 Å². The van der Waals surface area contributed by atoms with Crippen molar-refractivity contribution in [2.75, 3.05) is 7.11 Å². The number of nitrogens with zero attached hydrogens (tertiary/aromatic N) is 2. The second-order valence-corrected chi connectivity index (χ2v) is 4.65. The van der Waals surface area contributed by atoms with Gasteiger partial charge in [-0.15, -0.1) is 0 Å². The molecule has 0 bridgehead atoms. The van der Waals surface area contributed by atoms with Gasteiger partial charge in [0, 0.05) is 0 Å². The number of rotatable bonds is 3. The maximum atomic E-state index is 10.8. The van der Waals surface area contributed by atoms with Crippen LogP contribution < -0.4 is 4.74 Å². The first kappa shape index (κ1) is 14.1. The summed E-state index contributed by atoms with van der Waals surface area (Å²) in [4.78, 5) is 19.8. The van der Waals surface area contributed by atoms with Gasteiger partial charge in [0.2, 0.25) is 0 Å². The van der Waals surface area contributed by atoms with E-state index in [1.165, 1.54) is 7.11 Å². The highest BCUT2D eigenvalue weighted by molar-refractivity contribution is 9.13. The number of hydrogen-bond donors (Lipinski definition) is 0. The number of hydrogen-bond acceptors (Lipinski definition) is 5. The summed E-state index contributed by atoms with van der Waals surface area (Å²) in [6.45, 7) is 0. The fraction of sp³-hybridized carbons (Fsp3) is 0.143. The lowest BCUT2D eigenvalue weighted by Gasteiger charge is -2.08. The Morgan fingerprint density at radius 3 is 1.94 bits per heavy atom. The summed E-state index contributed by atoms with van der Waals surface area (Å²) >= 11 is 11.6. The average Bonchev–Trinajstić information content (AvgIpc) is 2.22. The van der Waals surface area contributed by atoms with E-state index in [1.54, 1.807) is 0 Å². The molecule has 0 spiro atoms. The van der Waals surface area contributed by atoms with Crippen LogP contribution in [-0.4, -0.2) is 17.0 Å². The Bertz CT molecular complexity index is 522. The Morgan fingerprint density at radius 2 is 1.59 bits per heavy atom. The number of nitro groups is 2. The van der Waals surface area contributed by atoms with E-state index in [0.717, 1.165) is 0 Å². The van der Waals surface area contributed by atoms with E-state index in [-0.39, 0.29) is 14.7 Å². The highest BCUT2D eigenvalue weighted by Gasteiger charge is 2.37. The van der Waals surface area contributed by atoms with E-state index in [0.29, 0.717) is 0 Å². The second-order valence-electron chi connectivity index (χ2n) is 2.69. The zero-order valence-corrected chi connectivity index (χ0v) is 12.0. The maximum Gasteiger partial charge on any atom is 0.369 e. The van der Waals surface area contributed by atoms with Crippen LogP contribution in [0, 0.1) is 20.2 Å². The number of ether oxygens (including phenoxy) is 1. The normalized spacial score (nSPS) is 10.1. The molecular formula is C7H3Br2ClN2O5. The average molecular weight is 390 g/mol. The van der Waals surface area contributed by atoms with Gasteiger partial charge in [0.05, 0.1) is 21.4 Å². The van der Waals surface area contributed by atoms with Crippen LogP contribution >= 0.6 is 43.5 Å². The summed E-state index contributed by atoms with van der Waals surface area (Å²) in [5, 5.41) is 21.2. The lowest BCUT2D eigenvalue weighted by atomic mass is 10.2. The van der Waals surface area contributed by atoms with Crippen molar-refractivity contribution < 1.29 is 14.6 Å². The van der Waals surface area contributed by atoms with Crippen LogP contribution in [0.5, 0.6) is 5.75 Å². The molecule has 1 aromatic carbocycles. The fourth-order valence-corrected chi connectivity index (χ4v) is 2.63. The van der Waals surface area contributed by atoms with Crippen LogP contribution in [0.2, 0.25) is 5.02 Å². The summed E-state index contributed by atoms with van der Waals surface area (Å²) in [5.74, 6) is -0.0455. The summed E-state index contributed by atoms with van der Waals surface area (Å²) in [6.07, 6.45) is 0. The van der Waals surface area contributed by atoms with Crippen LogP contribution in [-0.2, 0) is 0 Å². The predicted molar refractivity (Wildman–Crippen MR) is 66.7 cm³/mol. The van der Waals surface area contributed by atoms with Crippen molar-refractivity contribution >= 4 is 54.8 Å². The van der Waals surface area contributed by atoms with Gasteiger partial charge >= 0.3 is 11.4 Å². The molecule has 0 heterocycles. The van der Waals surface area contributed by atoms with Gasteiger partial charge in [0.15, 0.2) is 10.8 Å². The van der Waals surface area contributed by atoms with E-state index >= 15 is 0 Å². The smallest absolute Gasteiger partial charge is 0.369 e. The Hall–Kier alpha value is -0.930. The SMILES string of the molecule is COc1c(Cl)c([N+](=O)[O-])c([N+](=O)[O-])c(Br)c1Br. The molecule has 0 radical (unpaired) electrons. The molecule has 0 unspecified atom stereocenters. The largest absolute Gasteiger partial charge is 0.494 e. The predicted octanol–water partition coefficient (Wildman–Crippen LogP) is 3.69. The Morgan fingerprint density at radius 1 is 1.12 bits per heavy atom. The second kappa shape index (κ2) is 5.15. The van der Waals surface area contributed by atoms with Crippen molar-refractivity contribution in [2.45, 2.75) is 0 Å². The number of nitro benzene ring substituents is 2. The van der Waals surface area contributed by atoms with Gasteiger partial charge in [-0.25, -0.2) is 0 Å². The molecule has 7 nitrogen and oxygen atoms in total. The molecule has 17 heavy (non-hydrogen) atoms. The van der Waals surface area contributed by atoms with Crippen molar-refractivity contribution in [3.8, 4) is 5.75 Å². The Balaban J connectivity index is 3.84. The van der Waals surface area contributed by atoms with E-state index in [1.807, 2.05) is 0 Å². The van der Waals surface area contributed by atoms with Gasteiger partial charge in [-0.3, -0.25) is 20.2 Å². The van der Waals surface area contributed by atoms with Gasteiger partial charge in [0.25, 0.3) is 0 Å². The van der Waals surface area contributed by atoms with Crippen molar-refractivity contribution in [1.82, 2.24) is 0 Å². The monoisotopic (exact) mass is 388 g/mol. The molecule has 92 valence electrons. The molecule has 1 aromatic rings. The molecular weight excluding hydrogens is 387 g/mol. The third-order valence-electron chi connectivity index (χ3n) is 1.80. The zero-order chi connectivity index (χ0) is 13.3. The highest BCUT2D eigenvalue weighted by atomic mass is 79.9. The summed E-state index contributed by atoms with van der Waals surface area (Å²) < 4.78 is 4.89. The standard InChI is InChI=1S/C7H3Br2ClN2O5/c1-17-7-3(9)2(8)5(11(13)14)6(4(7)10)12(15)16/h1H3.